The highest BCUT2D eigenvalue weighted by atomic mass is 35.5. The predicted molar refractivity (Wildman–Crippen MR) is 86.2 cm³/mol. The largest absolute Gasteiger partial charge is 0.368 e. The lowest BCUT2D eigenvalue weighted by Crippen LogP contribution is -2.19. The van der Waals surface area contributed by atoms with Crippen LogP contribution in [-0.4, -0.2) is 25.4 Å². The van der Waals surface area contributed by atoms with Crippen LogP contribution in [-0.2, 0) is 10.0 Å². The summed E-state index contributed by atoms with van der Waals surface area (Å²) in [6.07, 6.45) is 0. The third kappa shape index (κ3) is 3.85. The second-order valence-corrected chi connectivity index (χ2v) is 6.85. The number of halogens is 1. The fraction of sp³-hybridized carbons (Fsp3) is 0.231. The van der Waals surface area contributed by atoms with Crippen molar-refractivity contribution in [2.75, 3.05) is 18.1 Å². The fourth-order valence-electron chi connectivity index (χ4n) is 1.88. The Balaban J connectivity index is 2.26. The summed E-state index contributed by atoms with van der Waals surface area (Å²) >= 11 is 5.82. The van der Waals surface area contributed by atoms with Gasteiger partial charge in [0.2, 0.25) is 16.0 Å². The van der Waals surface area contributed by atoms with Gasteiger partial charge in [-0.3, -0.25) is 0 Å². The standard InChI is InChI=1S/C13H16ClN5O2S/c1-8(17-12-7-11(14)18-13(15)19-12)9-4-3-5-10(6-9)22(20,21)16-2/h3-8,16H,1-2H3,(H3,15,17,18,19). The van der Waals surface area contributed by atoms with Crippen LogP contribution in [0.4, 0.5) is 11.8 Å². The number of anilines is 2. The average molecular weight is 342 g/mol. The maximum Gasteiger partial charge on any atom is 0.240 e. The smallest absolute Gasteiger partial charge is 0.240 e. The lowest BCUT2D eigenvalue weighted by atomic mass is 10.1. The van der Waals surface area contributed by atoms with Crippen molar-refractivity contribution < 1.29 is 8.42 Å². The Bertz CT molecular complexity index is 761. The van der Waals surface area contributed by atoms with Gasteiger partial charge in [-0.1, -0.05) is 23.7 Å². The van der Waals surface area contributed by atoms with Crippen molar-refractivity contribution in [1.29, 1.82) is 0 Å². The van der Waals surface area contributed by atoms with Crippen LogP contribution in [0, 0.1) is 0 Å². The van der Waals surface area contributed by atoms with E-state index in [9.17, 15) is 8.42 Å². The van der Waals surface area contributed by atoms with Gasteiger partial charge in [0.05, 0.1) is 4.90 Å². The SMILES string of the molecule is CNS(=O)(=O)c1cccc(C(C)Nc2cc(Cl)nc(N)n2)c1. The first-order valence-corrected chi connectivity index (χ1v) is 8.28. The highest BCUT2D eigenvalue weighted by Gasteiger charge is 2.14. The molecule has 9 heteroatoms. The van der Waals surface area contributed by atoms with Crippen LogP contribution in [0.15, 0.2) is 35.2 Å². The molecular weight excluding hydrogens is 326 g/mol. The Morgan fingerprint density at radius 3 is 2.64 bits per heavy atom. The van der Waals surface area contributed by atoms with Gasteiger partial charge in [-0.15, -0.1) is 0 Å². The minimum atomic E-state index is -3.49. The molecule has 0 aliphatic heterocycles. The second-order valence-electron chi connectivity index (χ2n) is 4.58. The summed E-state index contributed by atoms with van der Waals surface area (Å²) in [6, 6.07) is 7.97. The molecule has 2 rings (SSSR count). The minimum absolute atomic E-state index is 0.0636. The summed E-state index contributed by atoms with van der Waals surface area (Å²) in [5, 5.41) is 3.34. The summed E-state index contributed by atoms with van der Waals surface area (Å²) in [4.78, 5) is 8.00. The van der Waals surface area contributed by atoms with Crippen molar-refractivity contribution in [2.45, 2.75) is 17.9 Å². The quantitative estimate of drug-likeness (QED) is 0.715. The van der Waals surface area contributed by atoms with E-state index < -0.39 is 10.0 Å². The zero-order valence-corrected chi connectivity index (χ0v) is 13.6. The summed E-state index contributed by atoms with van der Waals surface area (Å²) < 4.78 is 26.0. The molecule has 1 aromatic heterocycles. The number of aromatic nitrogens is 2. The summed E-state index contributed by atoms with van der Waals surface area (Å²) in [5.74, 6) is 0.528. The Kier molecular flexibility index (Phi) is 4.84. The van der Waals surface area contributed by atoms with Gasteiger partial charge in [-0.2, -0.15) is 4.98 Å². The molecule has 0 aliphatic rings. The van der Waals surface area contributed by atoms with E-state index in [2.05, 4.69) is 20.0 Å². The minimum Gasteiger partial charge on any atom is -0.368 e. The van der Waals surface area contributed by atoms with Crippen molar-refractivity contribution in [2.24, 2.45) is 0 Å². The monoisotopic (exact) mass is 341 g/mol. The molecule has 0 bridgehead atoms. The van der Waals surface area contributed by atoms with E-state index in [1.165, 1.54) is 13.1 Å². The maximum absolute atomic E-state index is 11.8. The van der Waals surface area contributed by atoms with Crippen molar-refractivity contribution in [3.8, 4) is 0 Å². The molecule has 7 nitrogen and oxygen atoms in total. The highest BCUT2D eigenvalue weighted by Crippen LogP contribution is 2.22. The number of nitrogens with zero attached hydrogens (tertiary/aromatic N) is 2. The first-order chi connectivity index (χ1) is 10.3. The van der Waals surface area contributed by atoms with Crippen molar-refractivity contribution in [1.82, 2.24) is 14.7 Å². The van der Waals surface area contributed by atoms with Gasteiger partial charge in [0.1, 0.15) is 11.0 Å². The Hall–Kier alpha value is -1.90. The van der Waals surface area contributed by atoms with E-state index in [-0.39, 0.29) is 22.0 Å². The zero-order valence-electron chi connectivity index (χ0n) is 12.0. The number of benzene rings is 1. The molecule has 22 heavy (non-hydrogen) atoms. The highest BCUT2D eigenvalue weighted by molar-refractivity contribution is 7.89. The number of sulfonamides is 1. The number of nitrogen functional groups attached to an aromatic ring is 1. The lowest BCUT2D eigenvalue weighted by molar-refractivity contribution is 0.588. The molecule has 0 spiro atoms. The second kappa shape index (κ2) is 6.47. The molecule has 1 heterocycles. The van der Waals surface area contributed by atoms with Gasteiger partial charge in [0.25, 0.3) is 0 Å². The van der Waals surface area contributed by atoms with E-state index in [0.29, 0.717) is 5.82 Å². The van der Waals surface area contributed by atoms with Gasteiger partial charge in [0.15, 0.2) is 0 Å². The van der Waals surface area contributed by atoms with Crippen molar-refractivity contribution in [3.63, 3.8) is 0 Å². The predicted octanol–water partition coefficient (Wildman–Crippen LogP) is 1.79. The Morgan fingerprint density at radius 1 is 1.27 bits per heavy atom. The van der Waals surface area contributed by atoms with Crippen LogP contribution in [0.3, 0.4) is 0 Å². The number of hydrogen-bond donors (Lipinski definition) is 3. The summed E-state index contributed by atoms with van der Waals surface area (Å²) in [5.41, 5.74) is 6.32. The first-order valence-electron chi connectivity index (χ1n) is 6.42. The molecule has 0 radical (unpaired) electrons. The van der Waals surface area contributed by atoms with Gasteiger partial charge < -0.3 is 11.1 Å². The van der Waals surface area contributed by atoms with Gasteiger partial charge >= 0.3 is 0 Å². The number of rotatable bonds is 5. The number of nitrogens with two attached hydrogens (primary N) is 1. The zero-order chi connectivity index (χ0) is 16.3. The van der Waals surface area contributed by atoms with E-state index in [4.69, 9.17) is 17.3 Å². The van der Waals surface area contributed by atoms with Crippen LogP contribution in [0.1, 0.15) is 18.5 Å². The van der Waals surface area contributed by atoms with E-state index in [0.717, 1.165) is 5.56 Å². The normalized spacial score (nSPS) is 12.9. The molecule has 118 valence electrons. The molecule has 1 atom stereocenters. The summed E-state index contributed by atoms with van der Waals surface area (Å²) in [6.45, 7) is 1.87. The summed E-state index contributed by atoms with van der Waals surface area (Å²) in [7, 11) is -2.11. The molecule has 1 unspecified atom stereocenters. The van der Waals surface area contributed by atoms with E-state index in [1.54, 1.807) is 18.2 Å². The third-order valence-corrected chi connectivity index (χ3v) is 4.62. The number of nitrogens with one attached hydrogen (secondary N) is 2. The van der Waals surface area contributed by atoms with Gasteiger partial charge in [-0.25, -0.2) is 18.1 Å². The van der Waals surface area contributed by atoms with E-state index >= 15 is 0 Å². The lowest BCUT2D eigenvalue weighted by Gasteiger charge is -2.16. The Morgan fingerprint density at radius 2 is 2.00 bits per heavy atom. The molecule has 0 aliphatic carbocycles. The van der Waals surface area contributed by atoms with E-state index in [1.807, 2.05) is 13.0 Å². The fourth-order valence-corrected chi connectivity index (χ4v) is 2.86. The molecule has 0 saturated carbocycles. The van der Waals surface area contributed by atoms with Gasteiger partial charge in [0, 0.05) is 12.1 Å². The van der Waals surface area contributed by atoms with Crippen molar-refractivity contribution in [3.05, 3.63) is 41.0 Å². The van der Waals surface area contributed by atoms with Crippen molar-refractivity contribution >= 4 is 33.4 Å². The number of hydrogen-bond acceptors (Lipinski definition) is 6. The van der Waals surface area contributed by atoms with Gasteiger partial charge in [-0.05, 0) is 31.7 Å². The Labute approximate surface area is 134 Å². The van der Waals surface area contributed by atoms with Crippen LogP contribution in [0.25, 0.3) is 0 Å². The average Bonchev–Trinajstić information content (AvgIpc) is 2.46. The topological polar surface area (TPSA) is 110 Å². The third-order valence-electron chi connectivity index (χ3n) is 3.01. The molecule has 0 fully saturated rings. The molecule has 0 amide bonds. The molecule has 4 N–H and O–H groups in total. The molecular formula is C13H16ClN5O2S. The van der Waals surface area contributed by atoms with Crippen LogP contribution >= 0.6 is 11.6 Å². The molecule has 2 aromatic rings. The maximum atomic E-state index is 11.8. The van der Waals surface area contributed by atoms with Crippen LogP contribution in [0.2, 0.25) is 5.15 Å². The van der Waals surface area contributed by atoms with Crippen LogP contribution < -0.4 is 15.8 Å². The molecule has 1 aromatic carbocycles. The first kappa shape index (κ1) is 16.5. The van der Waals surface area contributed by atoms with Crippen LogP contribution in [0.5, 0.6) is 0 Å². The molecule has 0 saturated heterocycles.